The topological polar surface area (TPSA) is 101 Å². The van der Waals surface area contributed by atoms with Gasteiger partial charge >= 0.3 is 0 Å². The number of pyridine rings is 1. The predicted octanol–water partition coefficient (Wildman–Crippen LogP) is 1.87. The van der Waals surface area contributed by atoms with Gasteiger partial charge in [-0.15, -0.1) is 0 Å². The van der Waals surface area contributed by atoms with Gasteiger partial charge in [0.15, 0.2) is 5.82 Å². The third-order valence-electron chi connectivity index (χ3n) is 7.03. The highest BCUT2D eigenvalue weighted by atomic mass is 32.2. The maximum Gasteiger partial charge on any atom is 0.223 e. The van der Waals surface area contributed by atoms with Gasteiger partial charge in [-0.1, -0.05) is 0 Å². The fourth-order valence-electron chi connectivity index (χ4n) is 5.09. The highest BCUT2D eigenvalue weighted by Crippen LogP contribution is 2.41. The Hall–Kier alpha value is -2.04. The second-order valence-electron chi connectivity index (χ2n) is 9.13. The summed E-state index contributed by atoms with van der Waals surface area (Å²) in [5.74, 6) is 1.51. The number of sulfonamides is 1. The van der Waals surface area contributed by atoms with Crippen LogP contribution in [-0.2, 0) is 14.8 Å². The van der Waals surface area contributed by atoms with Crippen LogP contribution >= 0.6 is 0 Å². The number of nitrogens with zero attached hydrogens (tertiary/aromatic N) is 5. The van der Waals surface area contributed by atoms with Crippen molar-refractivity contribution in [3.63, 3.8) is 0 Å². The van der Waals surface area contributed by atoms with Gasteiger partial charge in [0.05, 0.1) is 6.26 Å². The molecule has 0 saturated carbocycles. The number of nitrogens with one attached hydrogen (secondary N) is 1. The van der Waals surface area contributed by atoms with E-state index in [9.17, 15) is 8.42 Å². The van der Waals surface area contributed by atoms with E-state index in [1.54, 1.807) is 0 Å². The maximum atomic E-state index is 11.7. The van der Waals surface area contributed by atoms with Gasteiger partial charge < -0.3 is 15.0 Å². The average Bonchev–Trinajstić information content (AvgIpc) is 3.16. The number of ether oxygens (including phenoxy) is 1. The van der Waals surface area contributed by atoms with Crippen molar-refractivity contribution in [2.24, 2.45) is 5.41 Å². The minimum absolute atomic E-state index is 0.160. The Morgan fingerprint density at radius 2 is 1.90 bits per heavy atom. The van der Waals surface area contributed by atoms with Crippen LogP contribution in [0.5, 0.6) is 0 Å². The van der Waals surface area contributed by atoms with Crippen LogP contribution in [0.3, 0.4) is 0 Å². The van der Waals surface area contributed by atoms with Crippen molar-refractivity contribution in [3.05, 3.63) is 18.5 Å². The summed E-state index contributed by atoms with van der Waals surface area (Å²) in [4.78, 5) is 16.4. The monoisotopic (exact) mass is 446 g/mol. The summed E-state index contributed by atoms with van der Waals surface area (Å²) >= 11 is 0. The van der Waals surface area contributed by atoms with Crippen LogP contribution < -0.4 is 10.2 Å². The molecule has 10 heteroatoms. The molecule has 1 N–H and O–H groups in total. The second-order valence-corrected chi connectivity index (χ2v) is 11.1. The largest absolute Gasteiger partial charge is 0.381 e. The number of hydrogen-bond acceptors (Lipinski definition) is 8. The Bertz CT molecular complexity index is 1050. The smallest absolute Gasteiger partial charge is 0.223 e. The van der Waals surface area contributed by atoms with Crippen LogP contribution in [0.1, 0.15) is 32.1 Å². The molecule has 2 aromatic heterocycles. The number of aromatic nitrogens is 3. The van der Waals surface area contributed by atoms with E-state index in [0.29, 0.717) is 24.5 Å². The van der Waals surface area contributed by atoms with Gasteiger partial charge in [-0.2, -0.15) is 0 Å². The minimum atomic E-state index is -3.13. The van der Waals surface area contributed by atoms with Crippen LogP contribution in [-0.4, -0.2) is 79.4 Å². The van der Waals surface area contributed by atoms with E-state index in [1.807, 2.05) is 18.5 Å². The fraction of sp³-hybridized carbons (Fsp3) is 0.667. The third-order valence-corrected chi connectivity index (χ3v) is 8.33. The fourth-order valence-corrected chi connectivity index (χ4v) is 5.96. The standard InChI is InChI=1S/C21H30N6O3S/c1-31(28,29)27-9-3-17(4-10-27)24-20-23-14-16-2-8-22-19(18(16)25-20)26-11-5-21(15-26)6-12-30-13-7-21/h2,8,14,17H,3-7,9-13,15H2,1H3,(H,23,24,25). The van der Waals surface area contributed by atoms with Crippen molar-refractivity contribution in [3.8, 4) is 0 Å². The summed E-state index contributed by atoms with van der Waals surface area (Å²) < 4.78 is 30.6. The average molecular weight is 447 g/mol. The normalized spacial score (nSPS) is 22.9. The molecule has 168 valence electrons. The third kappa shape index (κ3) is 4.33. The van der Waals surface area contributed by atoms with Gasteiger partial charge in [-0.25, -0.2) is 27.7 Å². The van der Waals surface area contributed by atoms with E-state index in [0.717, 1.165) is 68.7 Å². The number of fused-ring (bicyclic) bond motifs is 1. The van der Waals surface area contributed by atoms with E-state index in [-0.39, 0.29) is 6.04 Å². The lowest BCUT2D eigenvalue weighted by Gasteiger charge is -2.33. The van der Waals surface area contributed by atoms with Gasteiger partial charge in [0, 0.05) is 63.2 Å². The molecule has 3 aliphatic rings. The molecule has 5 rings (SSSR count). The molecule has 0 aromatic carbocycles. The molecular formula is C21H30N6O3S. The summed E-state index contributed by atoms with van der Waals surface area (Å²) in [6.07, 6.45) is 9.83. The van der Waals surface area contributed by atoms with Crippen molar-refractivity contribution in [2.75, 3.05) is 55.9 Å². The van der Waals surface area contributed by atoms with E-state index < -0.39 is 10.0 Å². The minimum Gasteiger partial charge on any atom is -0.381 e. The van der Waals surface area contributed by atoms with Crippen molar-refractivity contribution in [1.82, 2.24) is 19.3 Å². The van der Waals surface area contributed by atoms with Gasteiger partial charge in [0.25, 0.3) is 0 Å². The number of piperidine rings is 1. The van der Waals surface area contributed by atoms with E-state index in [2.05, 4.69) is 15.2 Å². The van der Waals surface area contributed by atoms with Crippen molar-refractivity contribution in [2.45, 2.75) is 38.1 Å². The Kier molecular flexibility index (Phi) is 5.47. The Morgan fingerprint density at radius 3 is 2.65 bits per heavy atom. The molecule has 0 aliphatic carbocycles. The summed E-state index contributed by atoms with van der Waals surface area (Å²) in [7, 11) is -3.13. The molecule has 3 aliphatic heterocycles. The van der Waals surface area contributed by atoms with Crippen LogP contribution in [0.2, 0.25) is 0 Å². The molecule has 0 atom stereocenters. The van der Waals surface area contributed by atoms with E-state index >= 15 is 0 Å². The van der Waals surface area contributed by atoms with Gasteiger partial charge in [-0.05, 0) is 43.6 Å². The highest BCUT2D eigenvalue weighted by molar-refractivity contribution is 7.88. The number of rotatable bonds is 4. The molecule has 0 bridgehead atoms. The first kappa shape index (κ1) is 20.8. The maximum absolute atomic E-state index is 11.7. The molecule has 5 heterocycles. The Balaban J connectivity index is 1.33. The van der Waals surface area contributed by atoms with Crippen LogP contribution in [0.4, 0.5) is 11.8 Å². The lowest BCUT2D eigenvalue weighted by molar-refractivity contribution is 0.0254. The second kappa shape index (κ2) is 8.14. The molecule has 9 nitrogen and oxygen atoms in total. The van der Waals surface area contributed by atoms with Crippen LogP contribution in [0, 0.1) is 5.41 Å². The molecular weight excluding hydrogens is 416 g/mol. The molecule has 0 amide bonds. The highest BCUT2D eigenvalue weighted by Gasteiger charge is 2.40. The molecule has 0 unspecified atom stereocenters. The lowest BCUT2D eigenvalue weighted by Crippen LogP contribution is -2.42. The van der Waals surface area contributed by atoms with E-state index in [4.69, 9.17) is 14.7 Å². The number of anilines is 2. The van der Waals surface area contributed by atoms with Gasteiger partial charge in [0.1, 0.15) is 5.52 Å². The molecule has 0 radical (unpaired) electrons. The summed E-state index contributed by atoms with van der Waals surface area (Å²) in [6.45, 7) is 4.74. The van der Waals surface area contributed by atoms with Gasteiger partial charge in [-0.3, -0.25) is 0 Å². The molecule has 31 heavy (non-hydrogen) atoms. The van der Waals surface area contributed by atoms with Crippen molar-refractivity contribution < 1.29 is 13.2 Å². The van der Waals surface area contributed by atoms with E-state index in [1.165, 1.54) is 17.0 Å². The van der Waals surface area contributed by atoms with Crippen molar-refractivity contribution >= 4 is 32.7 Å². The quantitative estimate of drug-likeness (QED) is 0.760. The SMILES string of the molecule is CS(=O)(=O)N1CCC(Nc2ncc3ccnc(N4CCC5(CCOCC5)C4)c3n2)CC1. The summed E-state index contributed by atoms with van der Waals surface area (Å²) in [5.41, 5.74) is 1.21. The van der Waals surface area contributed by atoms with Crippen LogP contribution in [0.25, 0.3) is 10.9 Å². The first-order valence-corrected chi connectivity index (χ1v) is 12.9. The van der Waals surface area contributed by atoms with Gasteiger partial charge in [0.2, 0.25) is 16.0 Å². The molecule has 2 aromatic rings. The van der Waals surface area contributed by atoms with Crippen LogP contribution in [0.15, 0.2) is 18.5 Å². The Morgan fingerprint density at radius 1 is 1.13 bits per heavy atom. The van der Waals surface area contributed by atoms with Crippen molar-refractivity contribution in [1.29, 1.82) is 0 Å². The summed E-state index contributed by atoms with van der Waals surface area (Å²) in [6, 6.07) is 2.11. The zero-order valence-corrected chi connectivity index (χ0v) is 18.8. The number of hydrogen-bond donors (Lipinski definition) is 1. The molecule has 1 spiro atoms. The zero-order valence-electron chi connectivity index (χ0n) is 18.0. The molecule has 3 saturated heterocycles. The first-order valence-electron chi connectivity index (χ1n) is 11.1. The zero-order chi connectivity index (χ0) is 21.5. The Labute approximate surface area is 183 Å². The lowest BCUT2D eigenvalue weighted by atomic mass is 9.80. The molecule has 3 fully saturated rings. The summed E-state index contributed by atoms with van der Waals surface area (Å²) in [5, 5.41) is 4.39. The first-order chi connectivity index (χ1) is 14.9. The predicted molar refractivity (Wildman–Crippen MR) is 120 cm³/mol.